The van der Waals surface area contributed by atoms with E-state index in [0.717, 1.165) is 37.2 Å². The highest BCUT2D eigenvalue weighted by atomic mass is 16.2. The zero-order valence-corrected chi connectivity index (χ0v) is 13.8. The predicted molar refractivity (Wildman–Crippen MR) is 93.0 cm³/mol. The number of carbonyl (C=O) groups excluding carboxylic acids is 1. The number of benzene rings is 1. The van der Waals surface area contributed by atoms with E-state index >= 15 is 0 Å². The molecule has 6 heteroatoms. The quantitative estimate of drug-likeness (QED) is 0.918. The molecule has 0 bridgehead atoms. The summed E-state index contributed by atoms with van der Waals surface area (Å²) in [5, 5.41) is 7.01. The van der Waals surface area contributed by atoms with Crippen LogP contribution in [-0.2, 0) is 11.3 Å². The van der Waals surface area contributed by atoms with Crippen molar-refractivity contribution >= 4 is 11.6 Å². The number of nitrogens with one attached hydrogen (secondary N) is 1. The molecule has 1 aromatic heterocycles. The summed E-state index contributed by atoms with van der Waals surface area (Å²) in [5.74, 6) is 0.170. The molecule has 1 fully saturated rings. The zero-order chi connectivity index (χ0) is 16.9. The fraction of sp³-hybridized carbons (Fsp3) is 0.389. The van der Waals surface area contributed by atoms with Gasteiger partial charge in [-0.1, -0.05) is 30.3 Å². The van der Waals surface area contributed by atoms with Crippen LogP contribution in [0.2, 0.25) is 0 Å². The van der Waals surface area contributed by atoms with Crippen LogP contribution in [0.3, 0.4) is 0 Å². The highest BCUT2D eigenvalue weighted by Gasteiger charge is 2.24. The van der Waals surface area contributed by atoms with Crippen LogP contribution in [0.25, 0.3) is 0 Å². The second-order valence-corrected chi connectivity index (χ2v) is 6.07. The van der Waals surface area contributed by atoms with Crippen LogP contribution in [0.4, 0.5) is 5.69 Å². The van der Waals surface area contributed by atoms with Gasteiger partial charge in [-0.05, 0) is 18.4 Å². The van der Waals surface area contributed by atoms with Crippen LogP contribution in [0.1, 0.15) is 18.4 Å². The molecule has 2 aromatic rings. The average molecular weight is 326 g/mol. The van der Waals surface area contributed by atoms with Crippen molar-refractivity contribution in [1.82, 2.24) is 15.1 Å². The van der Waals surface area contributed by atoms with Crippen molar-refractivity contribution < 1.29 is 4.79 Å². The first-order chi connectivity index (χ1) is 11.7. The number of hydrogen-bond donors (Lipinski definition) is 1. The fourth-order valence-corrected chi connectivity index (χ4v) is 3.08. The highest BCUT2D eigenvalue weighted by molar-refractivity contribution is 5.78. The van der Waals surface area contributed by atoms with Gasteiger partial charge in [0.05, 0.1) is 18.4 Å². The second kappa shape index (κ2) is 7.29. The van der Waals surface area contributed by atoms with E-state index in [1.54, 1.807) is 19.3 Å². The zero-order valence-electron chi connectivity index (χ0n) is 13.8. The van der Waals surface area contributed by atoms with Crippen LogP contribution in [0.15, 0.2) is 47.4 Å². The molecule has 1 saturated heterocycles. The van der Waals surface area contributed by atoms with Gasteiger partial charge < -0.3 is 10.2 Å². The summed E-state index contributed by atoms with van der Waals surface area (Å²) >= 11 is 0. The first-order valence-corrected chi connectivity index (χ1v) is 8.25. The van der Waals surface area contributed by atoms with Gasteiger partial charge in [-0.25, -0.2) is 4.68 Å². The minimum atomic E-state index is -0.107. The number of anilines is 1. The van der Waals surface area contributed by atoms with Crippen LogP contribution in [0, 0.1) is 5.92 Å². The van der Waals surface area contributed by atoms with E-state index in [1.807, 2.05) is 30.3 Å². The molecule has 24 heavy (non-hydrogen) atoms. The monoisotopic (exact) mass is 326 g/mol. The Balaban J connectivity index is 1.67. The maximum atomic E-state index is 12.3. The molecule has 1 aliphatic heterocycles. The van der Waals surface area contributed by atoms with E-state index in [1.165, 1.54) is 4.68 Å². The molecule has 0 atom stereocenters. The highest BCUT2D eigenvalue weighted by Crippen LogP contribution is 2.21. The standard InChI is InChI=1S/C18H22N4O2/c1-19-18(24)15-7-9-21(10-8-15)16-11-17(23)22(20-12-16)13-14-5-3-2-4-6-14/h2-6,11-12,15H,7-10,13H2,1H3,(H,19,24). The molecule has 1 aliphatic rings. The third-order valence-electron chi connectivity index (χ3n) is 4.51. The molecule has 0 radical (unpaired) electrons. The summed E-state index contributed by atoms with van der Waals surface area (Å²) in [7, 11) is 1.67. The molecule has 2 heterocycles. The van der Waals surface area contributed by atoms with Gasteiger partial charge in [0, 0.05) is 32.1 Å². The molecule has 0 aliphatic carbocycles. The number of amides is 1. The first kappa shape index (κ1) is 16.2. The molecule has 6 nitrogen and oxygen atoms in total. The summed E-state index contributed by atoms with van der Waals surface area (Å²) < 4.78 is 1.47. The Morgan fingerprint density at radius 2 is 1.96 bits per heavy atom. The van der Waals surface area contributed by atoms with Crippen molar-refractivity contribution in [3.05, 3.63) is 58.5 Å². The lowest BCUT2D eigenvalue weighted by Gasteiger charge is -2.32. The van der Waals surface area contributed by atoms with E-state index in [2.05, 4.69) is 15.3 Å². The molecule has 3 rings (SSSR count). The van der Waals surface area contributed by atoms with Crippen LogP contribution in [0.5, 0.6) is 0 Å². The van der Waals surface area contributed by atoms with Crippen LogP contribution in [-0.4, -0.2) is 35.8 Å². The largest absolute Gasteiger partial charge is 0.370 e. The summed E-state index contributed by atoms with van der Waals surface area (Å²) in [6.07, 6.45) is 3.34. The van der Waals surface area contributed by atoms with Crippen molar-refractivity contribution in [2.24, 2.45) is 5.92 Å². The molecule has 1 aromatic carbocycles. The van der Waals surface area contributed by atoms with Gasteiger partial charge in [-0.2, -0.15) is 5.10 Å². The Morgan fingerprint density at radius 3 is 2.58 bits per heavy atom. The minimum Gasteiger partial charge on any atom is -0.370 e. The number of aromatic nitrogens is 2. The van der Waals surface area contributed by atoms with Crippen LogP contribution < -0.4 is 15.8 Å². The molecule has 0 unspecified atom stereocenters. The minimum absolute atomic E-state index is 0.0673. The fourth-order valence-electron chi connectivity index (χ4n) is 3.08. The van der Waals surface area contributed by atoms with Gasteiger partial charge >= 0.3 is 0 Å². The Morgan fingerprint density at radius 1 is 1.25 bits per heavy atom. The molecule has 0 spiro atoms. The van der Waals surface area contributed by atoms with Crippen LogP contribution >= 0.6 is 0 Å². The summed E-state index contributed by atoms with van der Waals surface area (Å²) in [5.41, 5.74) is 1.77. The summed E-state index contributed by atoms with van der Waals surface area (Å²) in [4.78, 5) is 26.1. The second-order valence-electron chi connectivity index (χ2n) is 6.07. The van der Waals surface area contributed by atoms with Gasteiger partial charge in [0.2, 0.25) is 5.91 Å². The lowest BCUT2D eigenvalue weighted by molar-refractivity contribution is -0.125. The van der Waals surface area contributed by atoms with Gasteiger partial charge in [0.25, 0.3) is 5.56 Å². The number of hydrogen-bond acceptors (Lipinski definition) is 4. The lowest BCUT2D eigenvalue weighted by atomic mass is 9.96. The predicted octanol–water partition coefficient (Wildman–Crippen LogP) is 1.25. The van der Waals surface area contributed by atoms with E-state index in [0.29, 0.717) is 6.54 Å². The molecule has 0 saturated carbocycles. The third-order valence-corrected chi connectivity index (χ3v) is 4.51. The van der Waals surface area contributed by atoms with E-state index in [4.69, 9.17) is 0 Å². The molecule has 1 amide bonds. The Labute approximate surface area is 141 Å². The van der Waals surface area contributed by atoms with Crippen molar-refractivity contribution in [3.63, 3.8) is 0 Å². The Kier molecular flexibility index (Phi) is 4.93. The lowest BCUT2D eigenvalue weighted by Crippen LogP contribution is -2.40. The third kappa shape index (κ3) is 3.64. The summed E-state index contributed by atoms with van der Waals surface area (Å²) in [6.45, 7) is 2.00. The SMILES string of the molecule is CNC(=O)C1CCN(c2cnn(Cc3ccccc3)c(=O)c2)CC1. The average Bonchev–Trinajstić information content (AvgIpc) is 2.64. The number of nitrogens with zero attached hydrogens (tertiary/aromatic N) is 3. The summed E-state index contributed by atoms with van der Waals surface area (Å²) in [6, 6.07) is 11.4. The normalized spacial score (nSPS) is 15.3. The molecule has 1 N–H and O–H groups in total. The number of piperidine rings is 1. The number of carbonyl (C=O) groups is 1. The molecular weight excluding hydrogens is 304 g/mol. The van der Waals surface area contributed by atoms with Crippen molar-refractivity contribution in [2.45, 2.75) is 19.4 Å². The van der Waals surface area contributed by atoms with Gasteiger partial charge in [0.15, 0.2) is 0 Å². The van der Waals surface area contributed by atoms with E-state index < -0.39 is 0 Å². The maximum Gasteiger partial charge on any atom is 0.269 e. The first-order valence-electron chi connectivity index (χ1n) is 8.25. The maximum absolute atomic E-state index is 12.3. The van der Waals surface area contributed by atoms with Gasteiger partial charge in [-0.15, -0.1) is 0 Å². The topological polar surface area (TPSA) is 67.2 Å². The van der Waals surface area contributed by atoms with Crippen molar-refractivity contribution in [2.75, 3.05) is 25.0 Å². The van der Waals surface area contributed by atoms with Crippen molar-refractivity contribution in [1.29, 1.82) is 0 Å². The number of rotatable bonds is 4. The molecular formula is C18H22N4O2. The smallest absolute Gasteiger partial charge is 0.269 e. The van der Waals surface area contributed by atoms with E-state index in [9.17, 15) is 9.59 Å². The Bertz CT molecular complexity index is 749. The van der Waals surface area contributed by atoms with Crippen molar-refractivity contribution in [3.8, 4) is 0 Å². The van der Waals surface area contributed by atoms with Gasteiger partial charge in [-0.3, -0.25) is 9.59 Å². The van der Waals surface area contributed by atoms with Gasteiger partial charge in [0.1, 0.15) is 0 Å². The Hall–Kier alpha value is -2.63. The van der Waals surface area contributed by atoms with E-state index in [-0.39, 0.29) is 17.4 Å². The molecule has 126 valence electrons.